The Bertz CT molecular complexity index is 642. The zero-order valence-corrected chi connectivity index (χ0v) is 12.3. The Morgan fingerprint density at radius 1 is 1.35 bits per heavy atom. The van der Waals surface area contributed by atoms with Crippen molar-refractivity contribution in [1.29, 1.82) is 0 Å². The number of aliphatic carboxylic acids is 1. The molecule has 106 valence electrons. The van der Waals surface area contributed by atoms with Gasteiger partial charge in [-0.1, -0.05) is 31.5 Å². The molecule has 0 amide bonds. The number of H-pyrrole nitrogens is 1. The number of nitrogens with zero attached hydrogens (tertiary/aromatic N) is 1. The van der Waals surface area contributed by atoms with Gasteiger partial charge in [-0.2, -0.15) is 0 Å². The number of rotatable bonds is 4. The fraction of sp³-hybridized carbons (Fsp3) is 0.375. The van der Waals surface area contributed by atoms with Crippen molar-refractivity contribution in [3.63, 3.8) is 0 Å². The minimum atomic E-state index is -0.851. The Balaban J connectivity index is 2.58. The number of carboxylic acids is 1. The number of aromatic nitrogens is 2. The van der Waals surface area contributed by atoms with Crippen LogP contribution in [0.2, 0.25) is 0 Å². The number of benzene rings is 1. The Morgan fingerprint density at radius 3 is 2.65 bits per heavy atom. The van der Waals surface area contributed by atoms with Crippen LogP contribution in [0, 0.1) is 13.8 Å². The standard InChI is InChI=1S/C16H20N2O2/c1-9(2)16-17-13(8-14(19)20)15(18-16)12-7-10(3)5-6-11(12)4/h5-7,9H,8H2,1-4H3,(H,17,18)(H,19,20). The Morgan fingerprint density at radius 2 is 2.05 bits per heavy atom. The van der Waals surface area contributed by atoms with E-state index in [0.29, 0.717) is 5.69 Å². The van der Waals surface area contributed by atoms with E-state index in [4.69, 9.17) is 5.11 Å². The summed E-state index contributed by atoms with van der Waals surface area (Å²) < 4.78 is 0. The summed E-state index contributed by atoms with van der Waals surface area (Å²) in [6.07, 6.45) is -0.0393. The highest BCUT2D eigenvalue weighted by Crippen LogP contribution is 2.28. The van der Waals surface area contributed by atoms with Crippen LogP contribution in [0.3, 0.4) is 0 Å². The lowest BCUT2D eigenvalue weighted by Gasteiger charge is -2.06. The molecule has 0 fully saturated rings. The van der Waals surface area contributed by atoms with Crippen molar-refractivity contribution in [2.24, 2.45) is 0 Å². The summed E-state index contributed by atoms with van der Waals surface area (Å²) in [7, 11) is 0. The molecule has 0 aliphatic heterocycles. The molecule has 0 saturated carbocycles. The zero-order valence-electron chi connectivity index (χ0n) is 12.3. The van der Waals surface area contributed by atoms with Gasteiger partial charge in [-0.15, -0.1) is 0 Å². The first kappa shape index (κ1) is 14.3. The van der Waals surface area contributed by atoms with Crippen LogP contribution in [0.4, 0.5) is 0 Å². The van der Waals surface area contributed by atoms with E-state index in [9.17, 15) is 4.79 Å². The van der Waals surface area contributed by atoms with Gasteiger partial charge in [-0.3, -0.25) is 4.79 Å². The van der Waals surface area contributed by atoms with E-state index >= 15 is 0 Å². The van der Waals surface area contributed by atoms with Gasteiger partial charge in [0, 0.05) is 11.5 Å². The highest BCUT2D eigenvalue weighted by Gasteiger charge is 2.17. The van der Waals surface area contributed by atoms with E-state index in [2.05, 4.69) is 16.0 Å². The van der Waals surface area contributed by atoms with Crippen molar-refractivity contribution < 1.29 is 9.90 Å². The van der Waals surface area contributed by atoms with Crippen LogP contribution >= 0.6 is 0 Å². The summed E-state index contributed by atoms with van der Waals surface area (Å²) in [4.78, 5) is 18.8. The molecule has 0 aliphatic carbocycles. The molecule has 0 spiro atoms. The van der Waals surface area contributed by atoms with Crippen LogP contribution < -0.4 is 0 Å². The lowest BCUT2D eigenvalue weighted by atomic mass is 10.0. The van der Waals surface area contributed by atoms with Crippen molar-refractivity contribution >= 4 is 5.97 Å². The molecule has 4 nitrogen and oxygen atoms in total. The summed E-state index contributed by atoms with van der Waals surface area (Å²) in [6.45, 7) is 8.12. The Labute approximate surface area is 118 Å². The maximum absolute atomic E-state index is 11.0. The molecular formula is C16H20N2O2. The van der Waals surface area contributed by atoms with Gasteiger partial charge in [-0.25, -0.2) is 4.98 Å². The minimum Gasteiger partial charge on any atom is -0.481 e. The molecule has 0 atom stereocenters. The molecule has 0 unspecified atom stereocenters. The predicted molar refractivity (Wildman–Crippen MR) is 78.9 cm³/mol. The van der Waals surface area contributed by atoms with Crippen molar-refractivity contribution in [3.8, 4) is 11.3 Å². The van der Waals surface area contributed by atoms with Crippen LogP contribution in [0.25, 0.3) is 11.3 Å². The molecule has 1 aromatic carbocycles. The molecule has 1 heterocycles. The van der Waals surface area contributed by atoms with Crippen LogP contribution in [0.15, 0.2) is 18.2 Å². The third kappa shape index (κ3) is 2.90. The predicted octanol–water partition coefficient (Wildman–Crippen LogP) is 3.44. The van der Waals surface area contributed by atoms with Crippen LogP contribution in [-0.2, 0) is 11.2 Å². The number of aryl methyl sites for hydroxylation is 2. The molecule has 1 aromatic heterocycles. The first-order valence-corrected chi connectivity index (χ1v) is 6.76. The first-order chi connectivity index (χ1) is 9.38. The maximum Gasteiger partial charge on any atom is 0.309 e. The van der Waals surface area contributed by atoms with Gasteiger partial charge in [0.05, 0.1) is 17.8 Å². The first-order valence-electron chi connectivity index (χ1n) is 6.76. The molecule has 2 rings (SSSR count). The largest absolute Gasteiger partial charge is 0.481 e. The summed E-state index contributed by atoms with van der Waals surface area (Å²) in [5.74, 6) is 0.217. The normalized spacial score (nSPS) is 11.1. The van der Waals surface area contributed by atoms with E-state index in [0.717, 1.165) is 28.2 Å². The van der Waals surface area contributed by atoms with Crippen molar-refractivity contribution in [2.45, 2.75) is 40.0 Å². The third-order valence-electron chi connectivity index (χ3n) is 3.32. The molecule has 0 bridgehead atoms. The minimum absolute atomic E-state index is 0.0393. The van der Waals surface area contributed by atoms with Gasteiger partial charge in [0.25, 0.3) is 0 Å². The fourth-order valence-corrected chi connectivity index (χ4v) is 2.20. The third-order valence-corrected chi connectivity index (χ3v) is 3.32. The fourth-order valence-electron chi connectivity index (χ4n) is 2.20. The van der Waals surface area contributed by atoms with E-state index < -0.39 is 5.97 Å². The lowest BCUT2D eigenvalue weighted by Crippen LogP contribution is -2.02. The number of nitrogens with one attached hydrogen (secondary N) is 1. The summed E-state index contributed by atoms with van der Waals surface area (Å²) in [6, 6.07) is 6.14. The van der Waals surface area contributed by atoms with Crippen molar-refractivity contribution in [2.75, 3.05) is 0 Å². The van der Waals surface area contributed by atoms with Gasteiger partial charge in [0.2, 0.25) is 0 Å². The molecule has 0 radical (unpaired) electrons. The van der Waals surface area contributed by atoms with E-state index in [1.807, 2.05) is 39.8 Å². The molecule has 2 N–H and O–H groups in total. The second-order valence-electron chi connectivity index (χ2n) is 5.49. The number of hydrogen-bond acceptors (Lipinski definition) is 2. The lowest BCUT2D eigenvalue weighted by molar-refractivity contribution is -0.136. The number of hydrogen-bond donors (Lipinski definition) is 2. The maximum atomic E-state index is 11.0. The molecule has 0 saturated heterocycles. The topological polar surface area (TPSA) is 66.0 Å². The molecule has 4 heteroatoms. The highest BCUT2D eigenvalue weighted by atomic mass is 16.4. The molecule has 2 aromatic rings. The van der Waals surface area contributed by atoms with Gasteiger partial charge in [0.15, 0.2) is 0 Å². The van der Waals surface area contributed by atoms with Gasteiger partial charge >= 0.3 is 5.97 Å². The van der Waals surface area contributed by atoms with Crippen LogP contribution in [0.1, 0.15) is 42.4 Å². The second kappa shape index (κ2) is 5.49. The summed E-state index contributed by atoms with van der Waals surface area (Å²) in [5, 5.41) is 9.06. The van der Waals surface area contributed by atoms with Gasteiger partial charge < -0.3 is 10.1 Å². The monoisotopic (exact) mass is 272 g/mol. The molecule has 0 aliphatic rings. The smallest absolute Gasteiger partial charge is 0.309 e. The molecule has 20 heavy (non-hydrogen) atoms. The van der Waals surface area contributed by atoms with Crippen molar-refractivity contribution in [1.82, 2.24) is 9.97 Å². The number of carbonyl (C=O) groups is 1. The number of carboxylic acid groups (broad SMARTS) is 1. The molecular weight excluding hydrogens is 252 g/mol. The average Bonchev–Trinajstić information content (AvgIpc) is 2.75. The van der Waals surface area contributed by atoms with Crippen molar-refractivity contribution in [3.05, 3.63) is 40.8 Å². The van der Waals surface area contributed by atoms with E-state index in [1.165, 1.54) is 0 Å². The SMILES string of the molecule is Cc1ccc(C)c(-c2nc(C(C)C)[nH]c2CC(=O)O)c1. The van der Waals surface area contributed by atoms with Gasteiger partial charge in [-0.05, 0) is 25.5 Å². The second-order valence-corrected chi connectivity index (χ2v) is 5.49. The summed E-state index contributed by atoms with van der Waals surface area (Å²) >= 11 is 0. The van der Waals surface area contributed by atoms with E-state index in [1.54, 1.807) is 0 Å². The van der Waals surface area contributed by atoms with Crippen LogP contribution in [0.5, 0.6) is 0 Å². The highest BCUT2D eigenvalue weighted by molar-refractivity contribution is 5.75. The number of aromatic amines is 1. The zero-order chi connectivity index (χ0) is 14.9. The van der Waals surface area contributed by atoms with Crippen LogP contribution in [-0.4, -0.2) is 21.0 Å². The van der Waals surface area contributed by atoms with Gasteiger partial charge in [0.1, 0.15) is 5.82 Å². The summed E-state index contributed by atoms with van der Waals surface area (Å²) in [5.41, 5.74) is 4.68. The Kier molecular flexibility index (Phi) is 3.93. The quantitative estimate of drug-likeness (QED) is 0.896. The number of imidazole rings is 1. The Hall–Kier alpha value is -2.10. The average molecular weight is 272 g/mol. The van der Waals surface area contributed by atoms with E-state index in [-0.39, 0.29) is 12.3 Å².